The minimum absolute atomic E-state index is 0.550. The number of anilines is 1. The lowest BCUT2D eigenvalue weighted by Crippen LogP contribution is -2.08. The molecule has 0 aromatic heterocycles. The van der Waals surface area contributed by atoms with Crippen molar-refractivity contribution < 1.29 is 4.39 Å². The second-order valence-corrected chi connectivity index (χ2v) is 3.83. The van der Waals surface area contributed by atoms with Gasteiger partial charge in [0.15, 0.2) is 0 Å². The Balaban J connectivity index is 2.66. The molecule has 0 bridgehead atoms. The van der Waals surface area contributed by atoms with Crippen LogP contribution in [-0.2, 0) is 0 Å². The van der Waals surface area contributed by atoms with E-state index in [1.165, 1.54) is 6.92 Å². The summed E-state index contributed by atoms with van der Waals surface area (Å²) in [6.45, 7) is 2.91. The third-order valence-electron chi connectivity index (χ3n) is 2.15. The van der Waals surface area contributed by atoms with Crippen molar-refractivity contribution in [2.45, 2.75) is 19.5 Å². The maximum absolute atomic E-state index is 13.0. The first-order valence-corrected chi connectivity index (χ1v) is 5.40. The topological polar surface area (TPSA) is 38.0 Å². The van der Waals surface area contributed by atoms with E-state index >= 15 is 0 Å². The fourth-order valence-electron chi connectivity index (χ4n) is 1.25. The summed E-state index contributed by atoms with van der Waals surface area (Å²) in [4.78, 5) is 0. The quantitative estimate of drug-likeness (QED) is 0.763. The Morgan fingerprint density at radius 3 is 2.80 bits per heavy atom. The Bertz CT molecular complexity index is 315. The summed E-state index contributed by atoms with van der Waals surface area (Å²) in [5.41, 5.74) is 6.80. The van der Waals surface area contributed by atoms with Crippen LogP contribution in [0.25, 0.3) is 0 Å². The van der Waals surface area contributed by atoms with Gasteiger partial charge in [-0.1, -0.05) is 17.7 Å². The summed E-state index contributed by atoms with van der Waals surface area (Å²) in [5, 5.41) is 3.70. The highest BCUT2D eigenvalue weighted by molar-refractivity contribution is 6.33. The summed E-state index contributed by atoms with van der Waals surface area (Å²) in [7, 11) is 0. The Labute approximate surface area is 94.6 Å². The van der Waals surface area contributed by atoms with E-state index in [9.17, 15) is 4.39 Å². The second-order valence-electron chi connectivity index (χ2n) is 3.42. The smallest absolute Gasteiger partial charge is 0.122 e. The first kappa shape index (κ1) is 12.3. The number of hydrogen-bond donors (Lipinski definition) is 2. The molecule has 2 nitrogen and oxygen atoms in total. The molecule has 1 unspecified atom stereocenters. The van der Waals surface area contributed by atoms with Crippen LogP contribution in [0, 0.1) is 0 Å². The summed E-state index contributed by atoms with van der Waals surface area (Å²) in [6.07, 6.45) is -0.0991. The molecule has 0 aliphatic rings. The van der Waals surface area contributed by atoms with Crippen LogP contribution in [0.3, 0.4) is 0 Å². The molecule has 0 saturated heterocycles. The van der Waals surface area contributed by atoms with E-state index in [1.54, 1.807) is 18.2 Å². The fraction of sp³-hybridized carbons (Fsp3) is 0.455. The molecular formula is C11H16ClFN2. The van der Waals surface area contributed by atoms with Crippen LogP contribution in [0.4, 0.5) is 10.1 Å². The van der Waals surface area contributed by atoms with Crippen molar-refractivity contribution >= 4 is 17.3 Å². The zero-order valence-electron chi connectivity index (χ0n) is 8.76. The third-order valence-corrected chi connectivity index (χ3v) is 2.46. The van der Waals surface area contributed by atoms with Crippen LogP contribution in [0.15, 0.2) is 18.2 Å². The van der Waals surface area contributed by atoms with E-state index in [1.807, 2.05) is 0 Å². The van der Waals surface area contributed by atoms with E-state index in [4.69, 9.17) is 17.3 Å². The Kier molecular flexibility index (Phi) is 4.85. The summed E-state index contributed by atoms with van der Waals surface area (Å²) < 4.78 is 13.0. The lowest BCUT2D eigenvalue weighted by Gasteiger charge is -2.10. The van der Waals surface area contributed by atoms with E-state index < -0.39 is 6.17 Å². The molecule has 84 valence electrons. The fourth-order valence-corrected chi connectivity index (χ4v) is 1.50. The summed E-state index contributed by atoms with van der Waals surface area (Å²) >= 11 is 5.99. The van der Waals surface area contributed by atoms with Gasteiger partial charge in [0.1, 0.15) is 6.17 Å². The molecule has 0 spiro atoms. The van der Waals surface area contributed by atoms with Crippen LogP contribution in [0.1, 0.15) is 25.1 Å². The first-order valence-electron chi connectivity index (χ1n) is 5.02. The molecule has 4 heteroatoms. The lowest BCUT2D eigenvalue weighted by molar-refractivity contribution is 0.374. The van der Waals surface area contributed by atoms with Gasteiger partial charge in [0.05, 0.1) is 10.7 Å². The number of benzene rings is 1. The molecule has 0 heterocycles. The summed E-state index contributed by atoms with van der Waals surface area (Å²) in [5.74, 6) is 0. The number of alkyl halides is 1. The van der Waals surface area contributed by atoms with Gasteiger partial charge >= 0.3 is 0 Å². The van der Waals surface area contributed by atoms with Gasteiger partial charge in [-0.25, -0.2) is 4.39 Å². The highest BCUT2D eigenvalue weighted by Crippen LogP contribution is 2.27. The highest BCUT2D eigenvalue weighted by atomic mass is 35.5. The predicted molar refractivity (Wildman–Crippen MR) is 63.1 cm³/mol. The molecule has 1 aromatic carbocycles. The largest absolute Gasteiger partial charge is 0.384 e. The van der Waals surface area contributed by atoms with E-state index in [0.29, 0.717) is 17.1 Å². The van der Waals surface area contributed by atoms with Crippen molar-refractivity contribution in [3.05, 3.63) is 28.8 Å². The molecule has 0 amide bonds. The molecule has 15 heavy (non-hydrogen) atoms. The average molecular weight is 231 g/mol. The van der Waals surface area contributed by atoms with Gasteiger partial charge in [-0.3, -0.25) is 0 Å². The van der Waals surface area contributed by atoms with Gasteiger partial charge in [0.2, 0.25) is 0 Å². The van der Waals surface area contributed by atoms with Crippen LogP contribution in [-0.4, -0.2) is 13.1 Å². The van der Waals surface area contributed by atoms with Crippen molar-refractivity contribution in [1.82, 2.24) is 0 Å². The van der Waals surface area contributed by atoms with Crippen molar-refractivity contribution in [1.29, 1.82) is 0 Å². The van der Waals surface area contributed by atoms with Gasteiger partial charge in [-0.15, -0.1) is 0 Å². The van der Waals surface area contributed by atoms with Gasteiger partial charge in [-0.2, -0.15) is 0 Å². The molecule has 1 atom stereocenters. The minimum Gasteiger partial charge on any atom is -0.384 e. The van der Waals surface area contributed by atoms with Crippen LogP contribution in [0.2, 0.25) is 5.02 Å². The van der Waals surface area contributed by atoms with Crippen molar-refractivity contribution in [3.63, 3.8) is 0 Å². The first-order chi connectivity index (χ1) is 7.15. The average Bonchev–Trinajstić information content (AvgIpc) is 2.20. The van der Waals surface area contributed by atoms with Gasteiger partial charge in [0.25, 0.3) is 0 Å². The zero-order chi connectivity index (χ0) is 11.3. The standard InChI is InChI=1S/C11H16ClFN2/c1-8(13)9-3-4-11(10(12)7-9)15-6-2-5-14/h3-4,7-8,15H,2,5-6,14H2,1H3. The summed E-state index contributed by atoms with van der Waals surface area (Å²) in [6, 6.07) is 5.18. The molecule has 0 radical (unpaired) electrons. The molecule has 1 rings (SSSR count). The Hall–Kier alpha value is -0.800. The normalized spacial score (nSPS) is 12.5. The number of nitrogens with two attached hydrogens (primary N) is 1. The van der Waals surface area contributed by atoms with Gasteiger partial charge in [0, 0.05) is 6.54 Å². The maximum Gasteiger partial charge on any atom is 0.122 e. The Morgan fingerprint density at radius 2 is 2.27 bits per heavy atom. The van der Waals surface area contributed by atoms with E-state index in [2.05, 4.69) is 5.32 Å². The van der Waals surface area contributed by atoms with E-state index in [0.717, 1.165) is 18.7 Å². The number of nitrogens with one attached hydrogen (secondary N) is 1. The van der Waals surface area contributed by atoms with Crippen molar-refractivity contribution in [3.8, 4) is 0 Å². The lowest BCUT2D eigenvalue weighted by atomic mass is 10.1. The Morgan fingerprint density at radius 1 is 1.53 bits per heavy atom. The second kappa shape index (κ2) is 5.93. The zero-order valence-corrected chi connectivity index (χ0v) is 9.52. The third kappa shape index (κ3) is 3.68. The van der Waals surface area contributed by atoms with Crippen LogP contribution in [0.5, 0.6) is 0 Å². The monoisotopic (exact) mass is 230 g/mol. The molecule has 0 aliphatic heterocycles. The van der Waals surface area contributed by atoms with Gasteiger partial charge < -0.3 is 11.1 Å². The molecule has 1 aromatic rings. The molecule has 3 N–H and O–H groups in total. The molecule has 0 saturated carbocycles. The molecule has 0 aliphatic carbocycles. The molecular weight excluding hydrogens is 215 g/mol. The van der Waals surface area contributed by atoms with E-state index in [-0.39, 0.29) is 0 Å². The SMILES string of the molecule is CC(F)c1ccc(NCCCN)c(Cl)c1. The maximum atomic E-state index is 13.0. The number of rotatable bonds is 5. The number of halogens is 2. The van der Waals surface area contributed by atoms with Gasteiger partial charge in [-0.05, 0) is 37.6 Å². The van der Waals surface area contributed by atoms with Crippen molar-refractivity contribution in [2.24, 2.45) is 5.73 Å². The minimum atomic E-state index is -0.986. The molecule has 0 fully saturated rings. The van der Waals surface area contributed by atoms with Crippen LogP contribution < -0.4 is 11.1 Å². The predicted octanol–water partition coefficient (Wildman–Crippen LogP) is 3.13. The number of hydrogen-bond acceptors (Lipinski definition) is 2. The van der Waals surface area contributed by atoms with Crippen molar-refractivity contribution in [2.75, 3.05) is 18.4 Å². The highest BCUT2D eigenvalue weighted by Gasteiger charge is 2.06. The van der Waals surface area contributed by atoms with Crippen LogP contribution >= 0.6 is 11.6 Å².